The number of nitro groups is 1. The fourth-order valence-corrected chi connectivity index (χ4v) is 2.56. The van der Waals surface area contributed by atoms with Crippen LogP contribution in [-0.4, -0.2) is 41.8 Å². The topological polar surface area (TPSA) is 79.0 Å². The van der Waals surface area contributed by atoms with Crippen molar-refractivity contribution < 1.29 is 10.0 Å². The summed E-state index contributed by atoms with van der Waals surface area (Å²) in [4.78, 5) is 16.6. The number of aliphatic imine (C=N–C) groups is 1. The van der Waals surface area contributed by atoms with Crippen molar-refractivity contribution in [2.24, 2.45) is 4.99 Å². The Labute approximate surface area is 145 Å². The van der Waals surface area contributed by atoms with Crippen LogP contribution >= 0.6 is 11.6 Å². The van der Waals surface area contributed by atoms with Gasteiger partial charge < -0.3 is 10.0 Å². The first kappa shape index (κ1) is 17.9. The monoisotopic (exact) mass is 347 g/mol. The van der Waals surface area contributed by atoms with Gasteiger partial charge in [0.1, 0.15) is 0 Å². The first-order valence-electron chi connectivity index (χ1n) is 7.28. The zero-order valence-corrected chi connectivity index (χ0v) is 14.1. The highest BCUT2D eigenvalue weighted by molar-refractivity contribution is 6.31. The predicted octanol–water partition coefficient (Wildman–Crippen LogP) is 3.68. The van der Waals surface area contributed by atoms with Crippen molar-refractivity contribution >= 4 is 23.5 Å². The molecule has 2 aromatic carbocycles. The van der Waals surface area contributed by atoms with Crippen LogP contribution in [0.25, 0.3) is 0 Å². The molecule has 24 heavy (non-hydrogen) atoms. The molecule has 0 saturated carbocycles. The van der Waals surface area contributed by atoms with Gasteiger partial charge in [-0.2, -0.15) is 0 Å². The highest BCUT2D eigenvalue weighted by Crippen LogP contribution is 2.32. The van der Waals surface area contributed by atoms with E-state index in [2.05, 4.69) is 4.99 Å². The van der Waals surface area contributed by atoms with Crippen LogP contribution in [0.3, 0.4) is 0 Å². The Bertz CT molecular complexity index is 748. The van der Waals surface area contributed by atoms with Gasteiger partial charge in [-0.15, -0.1) is 0 Å². The number of hydrogen-bond donors (Lipinski definition) is 1. The number of halogens is 1. The Morgan fingerprint density at radius 3 is 2.58 bits per heavy atom. The number of likely N-dealkylation sites (N-methyl/N-ethyl adjacent to an activating group) is 1. The smallest absolute Gasteiger partial charge is 0.312 e. The number of nitro benzene ring substituents is 1. The van der Waals surface area contributed by atoms with E-state index in [4.69, 9.17) is 11.6 Å². The molecule has 0 amide bonds. The lowest BCUT2D eigenvalue weighted by Gasteiger charge is -2.22. The van der Waals surface area contributed by atoms with Crippen LogP contribution in [0, 0.1) is 10.1 Å². The molecule has 2 aromatic rings. The molecule has 0 aliphatic rings. The summed E-state index contributed by atoms with van der Waals surface area (Å²) in [6.07, 6.45) is 1.41. The average molecular weight is 348 g/mol. The maximum atomic E-state index is 10.9. The van der Waals surface area contributed by atoms with Crippen LogP contribution in [0.5, 0.6) is 5.75 Å². The maximum Gasteiger partial charge on any atom is 0.312 e. The van der Waals surface area contributed by atoms with E-state index in [0.29, 0.717) is 6.54 Å². The second-order valence-electron chi connectivity index (χ2n) is 5.50. The molecule has 0 bridgehead atoms. The van der Waals surface area contributed by atoms with E-state index >= 15 is 0 Å². The summed E-state index contributed by atoms with van der Waals surface area (Å²) in [6.45, 7) is 0.441. The van der Waals surface area contributed by atoms with Crippen LogP contribution in [-0.2, 0) is 0 Å². The van der Waals surface area contributed by atoms with Gasteiger partial charge in [0.25, 0.3) is 0 Å². The predicted molar refractivity (Wildman–Crippen MR) is 95.1 cm³/mol. The lowest BCUT2D eigenvalue weighted by atomic mass is 10.1. The van der Waals surface area contributed by atoms with E-state index < -0.39 is 16.4 Å². The molecule has 1 atom stereocenters. The fourth-order valence-electron chi connectivity index (χ4n) is 2.34. The molecule has 126 valence electrons. The van der Waals surface area contributed by atoms with E-state index in [1.807, 2.05) is 49.3 Å². The van der Waals surface area contributed by atoms with E-state index in [1.165, 1.54) is 12.3 Å². The number of aromatic hydroxyl groups is 1. The summed E-state index contributed by atoms with van der Waals surface area (Å²) < 4.78 is 0. The summed E-state index contributed by atoms with van der Waals surface area (Å²) in [5, 5.41) is 21.1. The van der Waals surface area contributed by atoms with E-state index in [9.17, 15) is 15.2 Å². The maximum absolute atomic E-state index is 10.9. The van der Waals surface area contributed by atoms with Gasteiger partial charge in [0, 0.05) is 22.9 Å². The number of hydrogen-bond acceptors (Lipinski definition) is 5. The Morgan fingerprint density at radius 1 is 1.33 bits per heavy atom. The third-order valence-corrected chi connectivity index (χ3v) is 3.82. The van der Waals surface area contributed by atoms with Crippen molar-refractivity contribution in [3.05, 3.63) is 68.7 Å². The number of phenols is 1. The Balaban J connectivity index is 2.23. The highest BCUT2D eigenvalue weighted by atomic mass is 35.5. The van der Waals surface area contributed by atoms with Gasteiger partial charge in [-0.05, 0) is 25.7 Å². The van der Waals surface area contributed by atoms with E-state index in [1.54, 1.807) is 0 Å². The van der Waals surface area contributed by atoms with Crippen molar-refractivity contribution in [1.29, 1.82) is 0 Å². The third-order valence-electron chi connectivity index (χ3n) is 3.60. The van der Waals surface area contributed by atoms with Crippen molar-refractivity contribution in [3.8, 4) is 5.75 Å². The Morgan fingerprint density at radius 2 is 2.00 bits per heavy atom. The van der Waals surface area contributed by atoms with Crippen LogP contribution in [0.1, 0.15) is 17.2 Å². The molecule has 0 aromatic heterocycles. The molecule has 0 fully saturated rings. The average Bonchev–Trinajstić information content (AvgIpc) is 2.54. The van der Waals surface area contributed by atoms with Gasteiger partial charge in [-0.25, -0.2) is 0 Å². The fraction of sp³-hybridized carbons (Fsp3) is 0.235. The molecular formula is C17H18ClN3O3. The molecular weight excluding hydrogens is 330 g/mol. The lowest BCUT2D eigenvalue weighted by Crippen LogP contribution is -2.22. The molecule has 0 aliphatic carbocycles. The van der Waals surface area contributed by atoms with Gasteiger partial charge in [-0.1, -0.05) is 41.9 Å². The van der Waals surface area contributed by atoms with Gasteiger partial charge in [0.05, 0.1) is 17.5 Å². The first-order valence-corrected chi connectivity index (χ1v) is 7.66. The molecule has 6 nitrogen and oxygen atoms in total. The van der Waals surface area contributed by atoms with Gasteiger partial charge in [0.15, 0.2) is 0 Å². The van der Waals surface area contributed by atoms with Crippen molar-refractivity contribution in [1.82, 2.24) is 4.90 Å². The molecule has 2 rings (SSSR count). The number of benzene rings is 2. The van der Waals surface area contributed by atoms with Crippen LogP contribution < -0.4 is 0 Å². The second kappa shape index (κ2) is 7.90. The zero-order chi connectivity index (χ0) is 17.7. The minimum Gasteiger partial charge on any atom is -0.502 e. The SMILES string of the molecule is CN(C)[C@H](CN=Cc1cc(Cl)cc([N+](=O)[O-])c1O)c1ccccc1. The molecule has 0 radical (unpaired) electrons. The molecule has 1 N–H and O–H groups in total. The molecule has 0 unspecified atom stereocenters. The summed E-state index contributed by atoms with van der Waals surface area (Å²) >= 11 is 5.87. The number of phenolic OH excluding ortho intramolecular Hbond substituents is 1. The minimum atomic E-state index is -0.675. The number of rotatable bonds is 6. The van der Waals surface area contributed by atoms with E-state index in [0.717, 1.165) is 11.6 Å². The Kier molecular flexibility index (Phi) is 5.89. The summed E-state index contributed by atoms with van der Waals surface area (Å²) in [6, 6.07) is 12.5. The van der Waals surface area contributed by atoms with Crippen LogP contribution in [0.15, 0.2) is 47.5 Å². The lowest BCUT2D eigenvalue weighted by molar-refractivity contribution is -0.385. The largest absolute Gasteiger partial charge is 0.502 e. The summed E-state index contributed by atoms with van der Waals surface area (Å²) in [5.74, 6) is -0.436. The zero-order valence-electron chi connectivity index (χ0n) is 13.4. The third kappa shape index (κ3) is 4.31. The van der Waals surface area contributed by atoms with Gasteiger partial charge in [0.2, 0.25) is 5.75 Å². The van der Waals surface area contributed by atoms with Crippen molar-refractivity contribution in [2.45, 2.75) is 6.04 Å². The van der Waals surface area contributed by atoms with Crippen LogP contribution in [0.4, 0.5) is 5.69 Å². The Hall–Kier alpha value is -2.44. The van der Waals surface area contributed by atoms with Gasteiger partial charge in [-0.3, -0.25) is 15.1 Å². The van der Waals surface area contributed by atoms with Crippen LogP contribution in [0.2, 0.25) is 5.02 Å². The van der Waals surface area contributed by atoms with E-state index in [-0.39, 0.29) is 16.6 Å². The minimum absolute atomic E-state index is 0.0544. The summed E-state index contributed by atoms with van der Waals surface area (Å²) in [5.41, 5.74) is 0.900. The second-order valence-corrected chi connectivity index (χ2v) is 5.94. The summed E-state index contributed by atoms with van der Waals surface area (Å²) in [7, 11) is 3.91. The number of nitrogens with zero attached hydrogens (tertiary/aromatic N) is 3. The molecule has 0 heterocycles. The standard InChI is InChI=1S/C17H18ClN3O3/c1-20(2)16(12-6-4-3-5-7-12)11-19-10-13-8-14(18)9-15(17(13)22)21(23)24/h3-10,16,22H,11H2,1-2H3/t16-/m1/s1. The molecule has 0 aliphatic heterocycles. The normalized spacial score (nSPS) is 12.7. The molecule has 0 saturated heterocycles. The highest BCUT2D eigenvalue weighted by Gasteiger charge is 2.18. The molecule has 7 heteroatoms. The first-order chi connectivity index (χ1) is 11.4. The van der Waals surface area contributed by atoms with Crippen molar-refractivity contribution in [3.63, 3.8) is 0 Å². The quantitative estimate of drug-likeness (QED) is 0.491. The van der Waals surface area contributed by atoms with Gasteiger partial charge >= 0.3 is 5.69 Å². The van der Waals surface area contributed by atoms with Crippen molar-refractivity contribution in [2.75, 3.05) is 20.6 Å². The molecule has 0 spiro atoms.